The molecular formula is C22H21N7OS. The summed E-state index contributed by atoms with van der Waals surface area (Å²) in [5.74, 6) is 1.38. The summed E-state index contributed by atoms with van der Waals surface area (Å²) >= 11 is 1.60. The average Bonchev–Trinajstić information content (AvgIpc) is 3.27. The summed E-state index contributed by atoms with van der Waals surface area (Å²) in [6.07, 6.45) is 3.56. The molecule has 0 unspecified atom stereocenters. The molecule has 0 aliphatic carbocycles. The number of fused-ring (bicyclic) bond motifs is 3. The van der Waals surface area contributed by atoms with Gasteiger partial charge in [-0.15, -0.1) is 21.5 Å². The van der Waals surface area contributed by atoms with Crippen LogP contribution in [0.1, 0.15) is 33.0 Å². The van der Waals surface area contributed by atoms with E-state index in [1.165, 1.54) is 0 Å². The van der Waals surface area contributed by atoms with Gasteiger partial charge in [-0.3, -0.25) is 9.55 Å². The van der Waals surface area contributed by atoms with E-state index in [2.05, 4.69) is 15.2 Å². The Morgan fingerprint density at radius 1 is 1.10 bits per heavy atom. The predicted octanol–water partition coefficient (Wildman–Crippen LogP) is 3.19. The lowest BCUT2D eigenvalue weighted by Crippen LogP contribution is -2.21. The lowest BCUT2D eigenvalue weighted by Gasteiger charge is -2.18. The maximum atomic E-state index is 10.2. The highest BCUT2D eigenvalue weighted by Gasteiger charge is 2.31. The molecule has 4 aromatic rings. The minimum Gasteiger partial charge on any atom is -0.399 e. The number of hydrogen-bond acceptors (Lipinski definition) is 8. The fourth-order valence-electron chi connectivity index (χ4n) is 3.74. The van der Waals surface area contributed by atoms with E-state index < -0.39 is 0 Å². The number of aliphatic hydroxyl groups is 1. The maximum Gasteiger partial charge on any atom is 0.253 e. The Labute approximate surface area is 183 Å². The molecule has 0 fully saturated rings. The fourth-order valence-corrected chi connectivity index (χ4v) is 4.95. The first-order chi connectivity index (χ1) is 15.1. The molecule has 0 saturated heterocycles. The maximum absolute atomic E-state index is 10.2. The molecule has 3 N–H and O–H groups in total. The van der Waals surface area contributed by atoms with Gasteiger partial charge in [0.2, 0.25) is 0 Å². The number of anilines is 2. The lowest BCUT2D eigenvalue weighted by atomic mass is 9.99. The molecule has 31 heavy (non-hydrogen) atoms. The van der Waals surface area contributed by atoms with Crippen molar-refractivity contribution in [2.24, 2.45) is 5.10 Å². The third-order valence-electron chi connectivity index (χ3n) is 5.29. The highest BCUT2D eigenvalue weighted by Crippen LogP contribution is 2.39. The van der Waals surface area contributed by atoms with E-state index in [4.69, 9.17) is 10.8 Å². The Hall–Kier alpha value is -3.56. The van der Waals surface area contributed by atoms with Gasteiger partial charge in [0, 0.05) is 39.6 Å². The molecule has 8 nitrogen and oxygen atoms in total. The molecule has 0 bridgehead atoms. The minimum atomic E-state index is -0.0786. The smallest absolute Gasteiger partial charge is 0.253 e. The molecule has 0 saturated carbocycles. The third kappa shape index (κ3) is 3.28. The fraction of sp³-hybridized carbons (Fsp3) is 0.182. The van der Waals surface area contributed by atoms with E-state index in [0.717, 1.165) is 43.7 Å². The van der Waals surface area contributed by atoms with Gasteiger partial charge in [-0.1, -0.05) is 18.2 Å². The number of nitrogen functional groups attached to an aromatic ring is 1. The normalized spacial score (nSPS) is 12.9. The topological polar surface area (TPSA) is 105 Å². The molecule has 9 heteroatoms. The highest BCUT2D eigenvalue weighted by atomic mass is 32.1. The van der Waals surface area contributed by atoms with E-state index >= 15 is 0 Å². The van der Waals surface area contributed by atoms with Crippen LogP contribution < -0.4 is 10.7 Å². The Balaban J connectivity index is 1.78. The molecule has 3 aromatic heterocycles. The monoisotopic (exact) mass is 431 g/mol. The standard InChI is InChI=1S/C22H21N7OS/c1-13-18(12-30)19-20(16-5-7-17(23)8-6-16)27-28(11-15-4-3-9-24-10-15)22-26-25-14(2)29(22)21(19)31-13/h3-10,30H,11-12,23H2,1-2H3. The van der Waals surface area contributed by atoms with Gasteiger partial charge in [0.05, 0.1) is 13.2 Å². The number of benzene rings is 1. The van der Waals surface area contributed by atoms with Gasteiger partial charge < -0.3 is 10.8 Å². The zero-order valence-corrected chi connectivity index (χ0v) is 18.0. The quantitative estimate of drug-likeness (QED) is 0.481. The van der Waals surface area contributed by atoms with Crippen LogP contribution in [0.25, 0.3) is 5.00 Å². The second-order valence-corrected chi connectivity index (χ2v) is 8.55. The number of nitrogens with two attached hydrogens (primary N) is 1. The molecule has 0 spiro atoms. The van der Waals surface area contributed by atoms with Crippen molar-refractivity contribution in [1.29, 1.82) is 0 Å². The largest absolute Gasteiger partial charge is 0.399 e. The molecule has 156 valence electrons. The van der Waals surface area contributed by atoms with Crippen molar-refractivity contribution in [3.63, 3.8) is 0 Å². The number of pyridine rings is 1. The molecule has 1 aliphatic rings. The van der Waals surface area contributed by atoms with Gasteiger partial charge in [0.1, 0.15) is 16.5 Å². The molecule has 1 aromatic carbocycles. The van der Waals surface area contributed by atoms with Crippen LogP contribution in [-0.2, 0) is 13.2 Å². The third-order valence-corrected chi connectivity index (χ3v) is 6.42. The molecule has 0 radical (unpaired) electrons. The summed E-state index contributed by atoms with van der Waals surface area (Å²) in [7, 11) is 0. The van der Waals surface area contributed by atoms with Gasteiger partial charge in [-0.2, -0.15) is 5.10 Å². The zero-order chi connectivity index (χ0) is 21.5. The number of aryl methyl sites for hydroxylation is 2. The molecule has 4 heterocycles. The summed E-state index contributed by atoms with van der Waals surface area (Å²) in [6.45, 7) is 4.33. The Bertz CT molecular complexity index is 1280. The van der Waals surface area contributed by atoms with E-state index in [1.54, 1.807) is 17.5 Å². The van der Waals surface area contributed by atoms with E-state index in [0.29, 0.717) is 18.2 Å². The van der Waals surface area contributed by atoms with Crippen LogP contribution in [0.15, 0.2) is 53.9 Å². The van der Waals surface area contributed by atoms with E-state index in [9.17, 15) is 5.11 Å². The highest BCUT2D eigenvalue weighted by molar-refractivity contribution is 7.15. The van der Waals surface area contributed by atoms with Gasteiger partial charge in [-0.25, -0.2) is 5.01 Å². The first-order valence-electron chi connectivity index (χ1n) is 9.83. The molecule has 0 amide bonds. The van der Waals surface area contributed by atoms with Gasteiger partial charge in [0.15, 0.2) is 0 Å². The van der Waals surface area contributed by atoms with Crippen LogP contribution in [0, 0.1) is 13.8 Å². The SMILES string of the molecule is Cc1sc2c(c1CO)C(c1ccc(N)cc1)=NN(Cc1cccnc1)c1nnc(C)n1-2. The molecule has 1 aliphatic heterocycles. The van der Waals surface area contributed by atoms with E-state index in [-0.39, 0.29) is 6.61 Å². The van der Waals surface area contributed by atoms with Crippen molar-refractivity contribution in [2.45, 2.75) is 27.0 Å². The van der Waals surface area contributed by atoms with Gasteiger partial charge in [-0.05, 0) is 37.6 Å². The van der Waals surface area contributed by atoms with Crippen molar-refractivity contribution in [3.05, 3.63) is 81.7 Å². The van der Waals surface area contributed by atoms with Crippen LogP contribution in [-0.4, -0.2) is 30.6 Å². The van der Waals surface area contributed by atoms with Crippen LogP contribution >= 0.6 is 11.3 Å². The predicted molar refractivity (Wildman–Crippen MR) is 122 cm³/mol. The first-order valence-corrected chi connectivity index (χ1v) is 10.7. The van der Waals surface area contributed by atoms with Crippen LogP contribution in [0.5, 0.6) is 0 Å². The second kappa shape index (κ2) is 7.60. The number of hydrazone groups is 1. The number of nitrogens with zero attached hydrogens (tertiary/aromatic N) is 6. The first kappa shape index (κ1) is 19.4. The Morgan fingerprint density at radius 2 is 1.90 bits per heavy atom. The summed E-state index contributed by atoms with van der Waals surface area (Å²) in [6, 6.07) is 11.5. The van der Waals surface area contributed by atoms with Crippen LogP contribution in [0.2, 0.25) is 0 Å². The van der Waals surface area contributed by atoms with Crippen LogP contribution in [0.3, 0.4) is 0 Å². The second-order valence-electron chi connectivity index (χ2n) is 7.35. The number of hydrogen-bond donors (Lipinski definition) is 2. The Kier molecular flexibility index (Phi) is 4.76. The lowest BCUT2D eigenvalue weighted by molar-refractivity contribution is 0.281. The van der Waals surface area contributed by atoms with Gasteiger partial charge >= 0.3 is 0 Å². The van der Waals surface area contributed by atoms with Gasteiger partial charge in [0.25, 0.3) is 5.95 Å². The van der Waals surface area contributed by atoms with Crippen molar-refractivity contribution < 1.29 is 5.11 Å². The minimum absolute atomic E-state index is 0.0786. The number of aliphatic hydroxyl groups excluding tert-OH is 1. The number of rotatable bonds is 4. The molecule has 5 rings (SSSR count). The van der Waals surface area contributed by atoms with Crippen molar-refractivity contribution >= 4 is 28.7 Å². The molecule has 0 atom stereocenters. The average molecular weight is 432 g/mol. The zero-order valence-electron chi connectivity index (χ0n) is 17.1. The van der Waals surface area contributed by atoms with Crippen molar-refractivity contribution in [2.75, 3.05) is 10.7 Å². The Morgan fingerprint density at radius 3 is 2.61 bits per heavy atom. The van der Waals surface area contributed by atoms with Crippen molar-refractivity contribution in [3.8, 4) is 5.00 Å². The van der Waals surface area contributed by atoms with Crippen molar-refractivity contribution in [1.82, 2.24) is 19.7 Å². The number of thiophene rings is 1. The summed E-state index contributed by atoms with van der Waals surface area (Å²) in [5.41, 5.74) is 11.0. The summed E-state index contributed by atoms with van der Waals surface area (Å²) < 4.78 is 2.01. The summed E-state index contributed by atoms with van der Waals surface area (Å²) in [4.78, 5) is 5.26. The number of aromatic nitrogens is 4. The molecular weight excluding hydrogens is 410 g/mol. The van der Waals surface area contributed by atoms with E-state index in [1.807, 2.05) is 66.0 Å². The summed E-state index contributed by atoms with van der Waals surface area (Å²) in [5, 5.41) is 26.8. The van der Waals surface area contributed by atoms with Crippen LogP contribution in [0.4, 0.5) is 11.6 Å².